The molecule has 3 heterocycles. The topological polar surface area (TPSA) is 107 Å². The number of hydrogen-bond donors (Lipinski definition) is 2. The van der Waals surface area contributed by atoms with Gasteiger partial charge in [0.2, 0.25) is 0 Å². The van der Waals surface area contributed by atoms with Crippen LogP contribution in [-0.4, -0.2) is 39.3 Å². The number of piperidine rings is 1. The third kappa shape index (κ3) is 3.33. The van der Waals surface area contributed by atoms with E-state index in [0.717, 1.165) is 43.1 Å². The first-order valence-electron chi connectivity index (χ1n) is 8.85. The summed E-state index contributed by atoms with van der Waals surface area (Å²) in [6, 6.07) is 2.13. The zero-order chi connectivity index (χ0) is 18.1. The third-order valence-corrected chi connectivity index (χ3v) is 7.11. The van der Waals surface area contributed by atoms with Crippen molar-refractivity contribution in [3.8, 4) is 0 Å². The summed E-state index contributed by atoms with van der Waals surface area (Å²) in [5.41, 5.74) is 12.8. The normalized spacial score (nSPS) is 22.1. The van der Waals surface area contributed by atoms with Crippen LogP contribution in [-0.2, 0) is 0 Å². The Hall–Kier alpha value is -1.64. The van der Waals surface area contributed by atoms with E-state index in [-0.39, 0.29) is 0 Å². The molecule has 0 bridgehead atoms. The summed E-state index contributed by atoms with van der Waals surface area (Å²) in [5, 5.41) is 8.52. The first kappa shape index (κ1) is 17.8. The van der Waals surface area contributed by atoms with Crippen LogP contribution in [0.1, 0.15) is 32.1 Å². The number of nitrogens with two attached hydrogens (primary N) is 2. The lowest BCUT2D eigenvalue weighted by Crippen LogP contribution is -2.47. The lowest BCUT2D eigenvalue weighted by atomic mass is 9.74. The molecule has 2 fully saturated rings. The van der Waals surface area contributed by atoms with Crippen LogP contribution < -0.4 is 16.4 Å². The Bertz CT molecular complexity index is 794. The van der Waals surface area contributed by atoms with Gasteiger partial charge in [-0.2, -0.15) is 5.10 Å². The fraction of sp³-hybridized carbons (Fsp3) is 0.529. The molecule has 1 atom stereocenters. The third-order valence-electron chi connectivity index (χ3n) is 5.66. The molecular formula is C17H22ClN7S. The Labute approximate surface area is 161 Å². The van der Waals surface area contributed by atoms with Crippen LogP contribution >= 0.6 is 23.4 Å². The minimum Gasteiger partial charge on any atom is -0.381 e. The lowest BCUT2D eigenvalue weighted by Gasteiger charge is -2.42. The van der Waals surface area contributed by atoms with Gasteiger partial charge in [0.25, 0.3) is 0 Å². The highest BCUT2D eigenvalue weighted by Crippen LogP contribution is 2.46. The van der Waals surface area contributed by atoms with Gasteiger partial charge < -0.3 is 16.4 Å². The van der Waals surface area contributed by atoms with Gasteiger partial charge in [0, 0.05) is 19.1 Å². The highest BCUT2D eigenvalue weighted by molar-refractivity contribution is 7.99. The second kappa shape index (κ2) is 7.17. The fourth-order valence-electron chi connectivity index (χ4n) is 4.06. The van der Waals surface area contributed by atoms with Gasteiger partial charge in [-0.05, 0) is 37.2 Å². The number of halogens is 1. The molecule has 2 aromatic rings. The summed E-state index contributed by atoms with van der Waals surface area (Å²) < 4.78 is 0. The van der Waals surface area contributed by atoms with Gasteiger partial charge >= 0.3 is 0 Å². The molecule has 4 rings (SSSR count). The van der Waals surface area contributed by atoms with Gasteiger partial charge in [-0.1, -0.05) is 29.8 Å². The zero-order valence-corrected chi connectivity index (χ0v) is 16.0. The Morgan fingerprint density at radius 2 is 2.08 bits per heavy atom. The molecule has 1 saturated carbocycles. The van der Waals surface area contributed by atoms with E-state index >= 15 is 0 Å². The van der Waals surface area contributed by atoms with Crippen LogP contribution in [0.2, 0.25) is 5.15 Å². The SMILES string of the molecule is Nc1nc(N2CCC3(CCC[C@H]3N)CC2)cnc1Sc1ccnnc1Cl. The van der Waals surface area contributed by atoms with Crippen molar-refractivity contribution in [2.75, 3.05) is 23.7 Å². The minimum absolute atomic E-state index is 0.330. The summed E-state index contributed by atoms with van der Waals surface area (Å²) in [7, 11) is 0. The number of aromatic nitrogens is 4. The van der Waals surface area contributed by atoms with E-state index in [0.29, 0.717) is 27.5 Å². The Balaban J connectivity index is 1.46. The maximum Gasteiger partial charge on any atom is 0.165 e. The number of nitrogen functional groups attached to an aromatic ring is 1. The molecule has 1 spiro atoms. The number of nitrogens with zero attached hydrogens (tertiary/aromatic N) is 5. The second-order valence-corrected chi connectivity index (χ2v) is 8.44. The molecule has 1 aliphatic heterocycles. The first-order valence-corrected chi connectivity index (χ1v) is 10.0. The smallest absolute Gasteiger partial charge is 0.165 e. The van der Waals surface area contributed by atoms with Crippen molar-refractivity contribution >= 4 is 35.0 Å². The second-order valence-electron chi connectivity index (χ2n) is 7.06. The molecule has 4 N–H and O–H groups in total. The van der Waals surface area contributed by atoms with Crippen molar-refractivity contribution in [2.24, 2.45) is 11.1 Å². The zero-order valence-electron chi connectivity index (χ0n) is 14.4. The van der Waals surface area contributed by atoms with Crippen LogP contribution in [0.4, 0.5) is 11.6 Å². The van der Waals surface area contributed by atoms with Crippen molar-refractivity contribution < 1.29 is 0 Å². The van der Waals surface area contributed by atoms with Gasteiger partial charge in [-0.15, -0.1) is 5.10 Å². The van der Waals surface area contributed by atoms with E-state index in [1.165, 1.54) is 24.6 Å². The molecule has 1 saturated heterocycles. The minimum atomic E-state index is 0.330. The molecule has 0 unspecified atom stereocenters. The monoisotopic (exact) mass is 391 g/mol. The Kier molecular flexibility index (Phi) is 4.90. The number of hydrogen-bond acceptors (Lipinski definition) is 8. The number of anilines is 2. The molecule has 2 aromatic heterocycles. The van der Waals surface area contributed by atoms with E-state index in [2.05, 4.69) is 25.1 Å². The van der Waals surface area contributed by atoms with Gasteiger partial charge in [-0.3, -0.25) is 0 Å². The molecule has 0 amide bonds. The average molecular weight is 392 g/mol. The van der Waals surface area contributed by atoms with E-state index in [1.54, 1.807) is 18.5 Å². The van der Waals surface area contributed by atoms with E-state index in [4.69, 9.17) is 23.1 Å². The first-order chi connectivity index (χ1) is 12.6. The lowest BCUT2D eigenvalue weighted by molar-refractivity contribution is 0.197. The predicted molar refractivity (Wildman–Crippen MR) is 103 cm³/mol. The highest BCUT2D eigenvalue weighted by Gasteiger charge is 2.43. The van der Waals surface area contributed by atoms with Crippen molar-refractivity contribution in [1.82, 2.24) is 20.2 Å². The molecule has 2 aliphatic rings. The maximum absolute atomic E-state index is 6.37. The van der Waals surface area contributed by atoms with Crippen molar-refractivity contribution in [1.29, 1.82) is 0 Å². The van der Waals surface area contributed by atoms with E-state index < -0.39 is 0 Å². The molecule has 0 aromatic carbocycles. The van der Waals surface area contributed by atoms with Crippen LogP contribution in [0.3, 0.4) is 0 Å². The molecule has 7 nitrogen and oxygen atoms in total. The van der Waals surface area contributed by atoms with Gasteiger partial charge in [0.05, 0.1) is 17.3 Å². The van der Waals surface area contributed by atoms with Crippen LogP contribution in [0.25, 0.3) is 0 Å². The molecule has 9 heteroatoms. The van der Waals surface area contributed by atoms with Gasteiger partial charge in [0.1, 0.15) is 10.8 Å². The molecular weight excluding hydrogens is 370 g/mol. The summed E-state index contributed by atoms with van der Waals surface area (Å²) in [4.78, 5) is 12.1. The molecule has 138 valence electrons. The van der Waals surface area contributed by atoms with Crippen molar-refractivity contribution in [2.45, 2.75) is 48.1 Å². The van der Waals surface area contributed by atoms with Crippen LogP contribution in [0.5, 0.6) is 0 Å². The molecule has 0 radical (unpaired) electrons. The summed E-state index contributed by atoms with van der Waals surface area (Å²) >= 11 is 7.39. The van der Waals surface area contributed by atoms with E-state index in [1.807, 2.05) is 0 Å². The number of rotatable bonds is 3. The molecule has 26 heavy (non-hydrogen) atoms. The van der Waals surface area contributed by atoms with Crippen molar-refractivity contribution in [3.63, 3.8) is 0 Å². The summed E-state index contributed by atoms with van der Waals surface area (Å²) in [6.07, 6.45) is 9.27. The standard InChI is InChI=1S/C17H22ClN7S/c18-14-11(3-7-22-24-14)26-16-15(20)23-13(10-21-16)25-8-5-17(6-9-25)4-1-2-12(17)19/h3,7,10,12H,1-2,4-6,8-9,19H2,(H2,20,23)/t12-/m1/s1. The van der Waals surface area contributed by atoms with E-state index in [9.17, 15) is 0 Å². The fourth-order valence-corrected chi connectivity index (χ4v) is 5.00. The van der Waals surface area contributed by atoms with Gasteiger partial charge in [-0.25, -0.2) is 9.97 Å². The van der Waals surface area contributed by atoms with Crippen LogP contribution in [0.15, 0.2) is 28.4 Å². The predicted octanol–water partition coefficient (Wildman–Crippen LogP) is 2.75. The summed E-state index contributed by atoms with van der Waals surface area (Å²) in [5.74, 6) is 1.23. The highest BCUT2D eigenvalue weighted by atomic mass is 35.5. The average Bonchev–Trinajstić information content (AvgIpc) is 2.99. The molecule has 1 aliphatic carbocycles. The quantitative estimate of drug-likeness (QED) is 0.822. The van der Waals surface area contributed by atoms with Crippen molar-refractivity contribution in [3.05, 3.63) is 23.6 Å². The Morgan fingerprint density at radius 1 is 1.27 bits per heavy atom. The summed E-state index contributed by atoms with van der Waals surface area (Å²) in [6.45, 7) is 1.91. The largest absolute Gasteiger partial charge is 0.381 e. The van der Waals surface area contributed by atoms with Gasteiger partial charge in [0.15, 0.2) is 11.0 Å². The Morgan fingerprint density at radius 3 is 2.73 bits per heavy atom. The maximum atomic E-state index is 6.37. The van der Waals surface area contributed by atoms with Crippen LogP contribution in [0, 0.1) is 5.41 Å².